The van der Waals surface area contributed by atoms with E-state index in [0.29, 0.717) is 11.6 Å². The van der Waals surface area contributed by atoms with E-state index in [4.69, 9.17) is 27.8 Å². The lowest BCUT2D eigenvalue weighted by molar-refractivity contribution is -0.0551. The predicted molar refractivity (Wildman–Crippen MR) is 79.2 cm³/mol. The van der Waals surface area contributed by atoms with Crippen molar-refractivity contribution < 1.29 is 9.84 Å². The molecule has 0 amide bonds. The maximum absolute atomic E-state index is 9.15. The van der Waals surface area contributed by atoms with Gasteiger partial charge >= 0.3 is 0 Å². The molecule has 0 radical (unpaired) electrons. The highest BCUT2D eigenvalue weighted by Gasteiger charge is 2.20. The van der Waals surface area contributed by atoms with Crippen LogP contribution in [0.5, 0.6) is 0 Å². The highest BCUT2D eigenvalue weighted by Crippen LogP contribution is 2.15. The highest BCUT2D eigenvalue weighted by molar-refractivity contribution is 7.80. The SMILES string of the molecule is Cc1cc(C(N)=S)ccc1CN1CCOC(CO)C1. The zero-order valence-corrected chi connectivity index (χ0v) is 11.9. The Balaban J connectivity index is 2.04. The lowest BCUT2D eigenvalue weighted by Crippen LogP contribution is -2.43. The number of aryl methyl sites for hydroxylation is 1. The van der Waals surface area contributed by atoms with Crippen LogP contribution in [-0.2, 0) is 11.3 Å². The van der Waals surface area contributed by atoms with Gasteiger partial charge in [-0.1, -0.05) is 24.4 Å². The molecule has 1 aliphatic rings. The summed E-state index contributed by atoms with van der Waals surface area (Å²) in [4.78, 5) is 2.73. The van der Waals surface area contributed by atoms with E-state index in [0.717, 1.165) is 25.2 Å². The summed E-state index contributed by atoms with van der Waals surface area (Å²) in [5.74, 6) is 0. The number of hydrogen-bond donors (Lipinski definition) is 2. The molecule has 0 spiro atoms. The van der Waals surface area contributed by atoms with Gasteiger partial charge in [-0.2, -0.15) is 0 Å². The third-order valence-corrected chi connectivity index (χ3v) is 3.68. The quantitative estimate of drug-likeness (QED) is 0.800. The van der Waals surface area contributed by atoms with E-state index in [1.165, 1.54) is 11.1 Å². The fraction of sp³-hybridized carbons (Fsp3) is 0.500. The van der Waals surface area contributed by atoms with Crippen molar-refractivity contribution in [1.82, 2.24) is 4.90 Å². The molecule has 1 aromatic rings. The summed E-state index contributed by atoms with van der Waals surface area (Å²) in [6, 6.07) is 6.07. The molecular weight excluding hydrogens is 260 g/mol. The maximum atomic E-state index is 9.15. The summed E-state index contributed by atoms with van der Waals surface area (Å²) >= 11 is 4.98. The number of hydrogen-bond acceptors (Lipinski definition) is 4. The fourth-order valence-electron chi connectivity index (χ4n) is 2.30. The summed E-state index contributed by atoms with van der Waals surface area (Å²) in [6.07, 6.45) is -0.0649. The van der Waals surface area contributed by atoms with Crippen LogP contribution in [0, 0.1) is 6.92 Å². The van der Waals surface area contributed by atoms with Crippen LogP contribution in [0.15, 0.2) is 18.2 Å². The molecule has 4 nitrogen and oxygen atoms in total. The number of aliphatic hydroxyl groups excluding tert-OH is 1. The summed E-state index contributed by atoms with van der Waals surface area (Å²) in [7, 11) is 0. The summed E-state index contributed by atoms with van der Waals surface area (Å²) in [6.45, 7) is 5.36. The largest absolute Gasteiger partial charge is 0.394 e. The van der Waals surface area contributed by atoms with Gasteiger partial charge < -0.3 is 15.6 Å². The molecule has 104 valence electrons. The van der Waals surface area contributed by atoms with E-state index in [-0.39, 0.29) is 12.7 Å². The van der Waals surface area contributed by atoms with Crippen LogP contribution in [0.25, 0.3) is 0 Å². The van der Waals surface area contributed by atoms with Gasteiger partial charge in [-0.25, -0.2) is 0 Å². The fourth-order valence-corrected chi connectivity index (χ4v) is 2.43. The Kier molecular flexibility index (Phi) is 4.87. The monoisotopic (exact) mass is 280 g/mol. The van der Waals surface area contributed by atoms with Gasteiger partial charge in [0.05, 0.1) is 19.3 Å². The summed E-state index contributed by atoms with van der Waals surface area (Å²) in [5, 5.41) is 9.15. The number of nitrogens with zero attached hydrogens (tertiary/aromatic N) is 1. The topological polar surface area (TPSA) is 58.7 Å². The van der Waals surface area contributed by atoms with Crippen molar-refractivity contribution in [3.63, 3.8) is 0 Å². The molecule has 1 unspecified atom stereocenters. The second-order valence-electron chi connectivity index (χ2n) is 4.92. The first-order chi connectivity index (χ1) is 9.10. The van der Waals surface area contributed by atoms with Crippen LogP contribution in [0.2, 0.25) is 0 Å². The van der Waals surface area contributed by atoms with Gasteiger partial charge in [-0.05, 0) is 24.1 Å². The first kappa shape index (κ1) is 14.4. The van der Waals surface area contributed by atoms with Gasteiger partial charge in [0.15, 0.2) is 0 Å². The maximum Gasteiger partial charge on any atom is 0.103 e. The van der Waals surface area contributed by atoms with Crippen molar-refractivity contribution >= 4 is 17.2 Å². The van der Waals surface area contributed by atoms with Gasteiger partial charge in [-0.15, -0.1) is 0 Å². The minimum atomic E-state index is -0.0649. The van der Waals surface area contributed by atoms with Crippen LogP contribution in [0.1, 0.15) is 16.7 Å². The normalized spacial score (nSPS) is 20.4. The van der Waals surface area contributed by atoms with E-state index >= 15 is 0 Å². The molecule has 1 aromatic carbocycles. The van der Waals surface area contributed by atoms with Crippen molar-refractivity contribution in [2.24, 2.45) is 5.73 Å². The average Bonchev–Trinajstić information content (AvgIpc) is 2.41. The molecular formula is C14H20N2O2S. The van der Waals surface area contributed by atoms with E-state index in [2.05, 4.69) is 17.9 Å². The Morgan fingerprint density at radius 3 is 3.00 bits per heavy atom. The Morgan fingerprint density at radius 2 is 2.37 bits per heavy atom. The molecule has 19 heavy (non-hydrogen) atoms. The van der Waals surface area contributed by atoms with Gasteiger partial charge in [0.1, 0.15) is 4.99 Å². The molecule has 1 heterocycles. The number of morpholine rings is 1. The number of rotatable bonds is 4. The third kappa shape index (κ3) is 3.73. The Morgan fingerprint density at radius 1 is 1.58 bits per heavy atom. The molecule has 3 N–H and O–H groups in total. The number of thiocarbonyl (C=S) groups is 1. The van der Waals surface area contributed by atoms with Gasteiger partial charge in [-0.3, -0.25) is 4.90 Å². The summed E-state index contributed by atoms with van der Waals surface area (Å²) in [5.41, 5.74) is 8.99. The second kappa shape index (κ2) is 6.43. The zero-order valence-electron chi connectivity index (χ0n) is 11.1. The van der Waals surface area contributed by atoms with Crippen LogP contribution < -0.4 is 5.73 Å². The molecule has 5 heteroatoms. The molecule has 0 saturated carbocycles. The van der Waals surface area contributed by atoms with Crippen LogP contribution >= 0.6 is 12.2 Å². The lowest BCUT2D eigenvalue weighted by atomic mass is 10.0. The molecule has 1 atom stereocenters. The predicted octanol–water partition coefficient (Wildman–Crippen LogP) is 0.822. The van der Waals surface area contributed by atoms with Crippen LogP contribution in [0.3, 0.4) is 0 Å². The van der Waals surface area contributed by atoms with E-state index in [1.807, 2.05) is 12.1 Å². The second-order valence-corrected chi connectivity index (χ2v) is 5.36. The number of ether oxygens (including phenoxy) is 1. The zero-order chi connectivity index (χ0) is 13.8. The van der Waals surface area contributed by atoms with E-state index in [1.54, 1.807) is 0 Å². The van der Waals surface area contributed by atoms with Crippen LogP contribution in [-0.4, -0.2) is 47.4 Å². The van der Waals surface area contributed by atoms with Crippen molar-refractivity contribution in [2.45, 2.75) is 19.6 Å². The van der Waals surface area contributed by atoms with Crippen molar-refractivity contribution in [1.29, 1.82) is 0 Å². The molecule has 1 fully saturated rings. The molecule has 1 aliphatic heterocycles. The number of benzene rings is 1. The van der Waals surface area contributed by atoms with Crippen molar-refractivity contribution in [3.05, 3.63) is 34.9 Å². The minimum absolute atomic E-state index is 0.0649. The minimum Gasteiger partial charge on any atom is -0.394 e. The van der Waals surface area contributed by atoms with Gasteiger partial charge in [0, 0.05) is 25.2 Å². The third-order valence-electron chi connectivity index (χ3n) is 3.45. The molecule has 0 aromatic heterocycles. The molecule has 1 saturated heterocycles. The van der Waals surface area contributed by atoms with Crippen molar-refractivity contribution in [3.8, 4) is 0 Å². The first-order valence-corrected chi connectivity index (χ1v) is 6.85. The van der Waals surface area contributed by atoms with Gasteiger partial charge in [0.2, 0.25) is 0 Å². The Bertz CT molecular complexity index is 465. The standard InChI is InChI=1S/C14H20N2O2S/c1-10-6-11(14(15)19)2-3-12(10)7-16-4-5-18-13(8-16)9-17/h2-3,6,13,17H,4-5,7-9H2,1H3,(H2,15,19). The highest BCUT2D eigenvalue weighted by atomic mass is 32.1. The lowest BCUT2D eigenvalue weighted by Gasteiger charge is -2.32. The molecule has 2 rings (SSSR count). The Labute approximate surface area is 119 Å². The van der Waals surface area contributed by atoms with Gasteiger partial charge in [0.25, 0.3) is 0 Å². The van der Waals surface area contributed by atoms with E-state index < -0.39 is 0 Å². The van der Waals surface area contributed by atoms with E-state index in [9.17, 15) is 0 Å². The number of aliphatic hydroxyl groups is 1. The molecule has 0 aliphatic carbocycles. The molecule has 0 bridgehead atoms. The Hall–Kier alpha value is -1.01. The summed E-state index contributed by atoms with van der Waals surface area (Å²) < 4.78 is 5.45. The smallest absolute Gasteiger partial charge is 0.103 e. The number of nitrogens with two attached hydrogens (primary N) is 1. The first-order valence-electron chi connectivity index (χ1n) is 6.44. The van der Waals surface area contributed by atoms with Crippen LogP contribution in [0.4, 0.5) is 0 Å². The average molecular weight is 280 g/mol. The van der Waals surface area contributed by atoms with Crippen molar-refractivity contribution in [2.75, 3.05) is 26.3 Å².